The normalized spacial score (nSPS) is 10.7. The van der Waals surface area contributed by atoms with Gasteiger partial charge >= 0.3 is 12.2 Å². The van der Waals surface area contributed by atoms with Gasteiger partial charge in [-0.3, -0.25) is 10.1 Å². The average molecular weight is 607 g/mol. The number of nitro benzene ring substituents is 1. The van der Waals surface area contributed by atoms with Crippen LogP contribution in [0.15, 0.2) is 36.4 Å². The number of hydrogen-bond acceptors (Lipinski definition) is 9. The number of likely N-dealkylation sites (N-methyl/N-ethyl adjacent to an activating group) is 2. The molecule has 2 N–H and O–H groups in total. The van der Waals surface area contributed by atoms with E-state index in [9.17, 15) is 19.7 Å². The summed E-state index contributed by atoms with van der Waals surface area (Å²) in [6.45, 7) is 11.7. The molecule has 0 aromatic heterocycles. The Morgan fingerprint density at radius 2 is 1.19 bits per heavy atom. The molecule has 0 unspecified atom stereocenters. The summed E-state index contributed by atoms with van der Waals surface area (Å²) in [5.74, 6) is 1.18. The van der Waals surface area contributed by atoms with Gasteiger partial charge in [0.2, 0.25) is 0 Å². The predicted molar refractivity (Wildman–Crippen MR) is 169 cm³/mol. The molecule has 0 saturated heterocycles. The SMILES string of the molecule is C.COc1cccc(N)c1CCN(C)C(=O)OC(C)(C)C.COc1cccc([N+](=O)[O-])c1CCN(C)C(=O)OC(C)(C)C. The Morgan fingerprint density at radius 3 is 1.58 bits per heavy atom. The van der Waals surface area contributed by atoms with E-state index in [2.05, 4.69) is 0 Å². The van der Waals surface area contributed by atoms with Crippen LogP contribution in [0.25, 0.3) is 0 Å². The summed E-state index contributed by atoms with van der Waals surface area (Å²) >= 11 is 0. The third kappa shape index (κ3) is 13.5. The third-order valence-electron chi connectivity index (χ3n) is 5.72. The Bertz CT molecular complexity index is 1210. The van der Waals surface area contributed by atoms with Gasteiger partial charge in [-0.2, -0.15) is 0 Å². The molecule has 0 aliphatic carbocycles. The average Bonchev–Trinajstić information content (AvgIpc) is 2.88. The van der Waals surface area contributed by atoms with Crippen molar-refractivity contribution in [2.24, 2.45) is 0 Å². The fraction of sp³-hybridized carbons (Fsp3) is 0.548. The number of carbonyl (C=O) groups is 2. The second-order valence-electron chi connectivity index (χ2n) is 11.5. The van der Waals surface area contributed by atoms with Crippen molar-refractivity contribution in [3.63, 3.8) is 0 Å². The van der Waals surface area contributed by atoms with Crippen LogP contribution >= 0.6 is 0 Å². The summed E-state index contributed by atoms with van der Waals surface area (Å²) in [6, 6.07) is 10.2. The number of carbonyl (C=O) groups excluding carboxylic acids is 2. The quantitative estimate of drug-likeness (QED) is 0.196. The van der Waals surface area contributed by atoms with Crippen LogP contribution in [0.2, 0.25) is 0 Å². The van der Waals surface area contributed by atoms with Crippen LogP contribution in [-0.2, 0) is 22.3 Å². The van der Waals surface area contributed by atoms with Crippen molar-refractivity contribution in [3.8, 4) is 11.5 Å². The zero-order valence-electron chi connectivity index (χ0n) is 26.5. The molecule has 0 bridgehead atoms. The van der Waals surface area contributed by atoms with Crippen molar-refractivity contribution in [2.75, 3.05) is 47.1 Å². The molecule has 0 atom stereocenters. The maximum atomic E-state index is 11.9. The smallest absolute Gasteiger partial charge is 0.410 e. The number of nitrogen functional groups attached to an aromatic ring is 1. The molecule has 2 rings (SSSR count). The highest BCUT2D eigenvalue weighted by atomic mass is 16.6. The fourth-order valence-electron chi connectivity index (χ4n) is 3.63. The Morgan fingerprint density at radius 1 is 0.791 bits per heavy atom. The number of rotatable bonds is 9. The van der Waals surface area contributed by atoms with E-state index in [1.807, 2.05) is 39.0 Å². The number of ether oxygens (including phenoxy) is 4. The van der Waals surface area contributed by atoms with Gasteiger partial charge < -0.3 is 34.5 Å². The number of hydrogen-bond donors (Lipinski definition) is 1. The lowest BCUT2D eigenvalue weighted by molar-refractivity contribution is -0.385. The van der Waals surface area contributed by atoms with Crippen LogP contribution in [0.1, 0.15) is 60.1 Å². The summed E-state index contributed by atoms with van der Waals surface area (Å²) in [4.78, 5) is 37.3. The molecule has 0 radical (unpaired) electrons. The predicted octanol–water partition coefficient (Wildman–Crippen LogP) is 6.34. The standard InChI is InChI=1S/C15H22N2O5.C15H24N2O3.CH4/c1-15(2,3)22-14(18)16(4)10-9-11-12(17(19)20)7-6-8-13(11)21-5;1-15(2,3)20-14(18)17(4)10-9-11-12(16)7-6-8-13(11)19-5;/h6-8H,9-10H2,1-5H3;6-8H,9-10,16H2,1-5H3;1H4. The first kappa shape index (κ1) is 38.8. The summed E-state index contributed by atoms with van der Waals surface area (Å²) in [5.41, 5.74) is 6.90. The van der Waals surface area contributed by atoms with Gasteiger partial charge in [0.15, 0.2) is 0 Å². The van der Waals surface area contributed by atoms with E-state index in [0.717, 1.165) is 11.3 Å². The molecule has 242 valence electrons. The molecule has 0 heterocycles. The molecule has 2 aromatic carbocycles. The lowest BCUT2D eigenvalue weighted by Crippen LogP contribution is -2.35. The molecular weight excluding hydrogens is 556 g/mol. The Balaban J connectivity index is 0.000000805. The number of methoxy groups -OCH3 is 2. The Kier molecular flexibility index (Phi) is 15.4. The monoisotopic (exact) mass is 606 g/mol. The Hall–Kier alpha value is -4.22. The van der Waals surface area contributed by atoms with Gasteiger partial charge in [0.05, 0.1) is 24.7 Å². The van der Waals surface area contributed by atoms with E-state index < -0.39 is 22.2 Å². The highest BCUT2D eigenvalue weighted by Crippen LogP contribution is 2.29. The van der Waals surface area contributed by atoms with Crippen molar-refractivity contribution in [1.82, 2.24) is 9.80 Å². The molecule has 12 nitrogen and oxygen atoms in total. The van der Waals surface area contributed by atoms with E-state index in [0.29, 0.717) is 36.4 Å². The van der Waals surface area contributed by atoms with Gasteiger partial charge in [-0.1, -0.05) is 19.6 Å². The van der Waals surface area contributed by atoms with Gasteiger partial charge in [0.1, 0.15) is 22.7 Å². The first-order valence-electron chi connectivity index (χ1n) is 13.5. The second-order valence-corrected chi connectivity index (χ2v) is 11.5. The number of anilines is 1. The van der Waals surface area contributed by atoms with E-state index in [-0.39, 0.29) is 25.8 Å². The molecule has 43 heavy (non-hydrogen) atoms. The molecule has 2 amide bonds. The van der Waals surface area contributed by atoms with Crippen molar-refractivity contribution in [1.29, 1.82) is 0 Å². The number of amides is 2. The topological polar surface area (TPSA) is 147 Å². The number of nitro groups is 1. The fourth-order valence-corrected chi connectivity index (χ4v) is 3.63. The van der Waals surface area contributed by atoms with Gasteiger partial charge in [0, 0.05) is 50.9 Å². The summed E-state index contributed by atoms with van der Waals surface area (Å²) in [6.07, 6.45) is 0.109. The van der Waals surface area contributed by atoms with Crippen LogP contribution < -0.4 is 15.2 Å². The molecule has 0 spiro atoms. The summed E-state index contributed by atoms with van der Waals surface area (Å²) < 4.78 is 21.0. The van der Waals surface area contributed by atoms with E-state index in [1.54, 1.807) is 54.1 Å². The minimum atomic E-state index is -0.582. The number of benzene rings is 2. The maximum absolute atomic E-state index is 11.9. The van der Waals surface area contributed by atoms with Gasteiger partial charge in [-0.25, -0.2) is 9.59 Å². The van der Waals surface area contributed by atoms with Crippen molar-refractivity contribution >= 4 is 23.6 Å². The Labute approximate surface area is 256 Å². The van der Waals surface area contributed by atoms with Crippen LogP contribution in [0, 0.1) is 10.1 Å². The van der Waals surface area contributed by atoms with Crippen LogP contribution in [0.3, 0.4) is 0 Å². The molecule has 2 aromatic rings. The number of nitrogens with zero attached hydrogens (tertiary/aromatic N) is 3. The van der Waals surface area contributed by atoms with Crippen LogP contribution in [0.5, 0.6) is 11.5 Å². The van der Waals surface area contributed by atoms with E-state index >= 15 is 0 Å². The van der Waals surface area contributed by atoms with Crippen molar-refractivity contribution < 1.29 is 33.5 Å². The summed E-state index contributed by atoms with van der Waals surface area (Å²) in [7, 11) is 6.37. The largest absolute Gasteiger partial charge is 0.496 e. The second kappa shape index (κ2) is 17.0. The molecule has 0 saturated carbocycles. The van der Waals surface area contributed by atoms with Crippen molar-refractivity contribution in [3.05, 3.63) is 57.6 Å². The molecule has 0 fully saturated rings. The molecule has 0 aliphatic heterocycles. The zero-order valence-corrected chi connectivity index (χ0v) is 26.5. The van der Waals surface area contributed by atoms with Crippen LogP contribution in [-0.4, -0.2) is 79.5 Å². The zero-order chi connectivity index (χ0) is 32.3. The van der Waals surface area contributed by atoms with E-state index in [1.165, 1.54) is 23.0 Å². The van der Waals surface area contributed by atoms with Gasteiger partial charge in [-0.15, -0.1) is 0 Å². The maximum Gasteiger partial charge on any atom is 0.410 e. The minimum absolute atomic E-state index is 0. The molecule has 12 heteroatoms. The molecule has 0 aliphatic rings. The first-order chi connectivity index (χ1) is 19.4. The van der Waals surface area contributed by atoms with E-state index in [4.69, 9.17) is 24.7 Å². The number of nitrogens with two attached hydrogens (primary N) is 1. The minimum Gasteiger partial charge on any atom is -0.496 e. The lowest BCUT2D eigenvalue weighted by atomic mass is 10.1. The van der Waals surface area contributed by atoms with Crippen LogP contribution in [0.4, 0.5) is 21.0 Å². The van der Waals surface area contributed by atoms with Crippen molar-refractivity contribution in [2.45, 2.75) is 73.0 Å². The summed E-state index contributed by atoms with van der Waals surface area (Å²) in [5, 5.41) is 11.1. The first-order valence-corrected chi connectivity index (χ1v) is 13.5. The lowest BCUT2D eigenvalue weighted by Gasteiger charge is -2.25. The van der Waals surface area contributed by atoms with Gasteiger partial charge in [-0.05, 0) is 66.2 Å². The highest BCUT2D eigenvalue weighted by Gasteiger charge is 2.23. The third-order valence-corrected chi connectivity index (χ3v) is 5.72. The highest BCUT2D eigenvalue weighted by molar-refractivity contribution is 5.68. The van der Waals surface area contributed by atoms with Gasteiger partial charge in [0.25, 0.3) is 5.69 Å². The molecular formula is C31H50N4O8.